The SMILES string of the molecule is N#Cc1ccc(/C=C/c2nc3c(N)ncnc3n2[C@@H]2O[C@H](CO)[C@@H](O)[C@H]2O)cc1. The van der Waals surface area contributed by atoms with E-state index in [2.05, 4.69) is 21.0 Å². The molecule has 10 heteroatoms. The molecule has 10 nitrogen and oxygen atoms in total. The van der Waals surface area contributed by atoms with Gasteiger partial charge in [0, 0.05) is 0 Å². The van der Waals surface area contributed by atoms with Gasteiger partial charge in [0.15, 0.2) is 23.2 Å². The number of aliphatic hydroxyl groups is 3. The van der Waals surface area contributed by atoms with Crippen LogP contribution in [-0.2, 0) is 4.74 Å². The van der Waals surface area contributed by atoms with Crippen molar-refractivity contribution in [1.29, 1.82) is 5.26 Å². The van der Waals surface area contributed by atoms with Gasteiger partial charge in [-0.25, -0.2) is 15.0 Å². The molecular weight excluding hydrogens is 376 g/mol. The predicted molar refractivity (Wildman–Crippen MR) is 103 cm³/mol. The van der Waals surface area contributed by atoms with Crippen LogP contribution in [0, 0.1) is 11.3 Å². The molecule has 0 unspecified atom stereocenters. The number of aromatic nitrogens is 4. The second-order valence-corrected chi connectivity index (χ2v) is 6.57. The summed E-state index contributed by atoms with van der Waals surface area (Å²) in [5.41, 5.74) is 7.93. The molecule has 5 N–H and O–H groups in total. The average Bonchev–Trinajstić information content (AvgIpc) is 3.25. The van der Waals surface area contributed by atoms with Crippen molar-refractivity contribution < 1.29 is 20.1 Å². The number of nitrogens with two attached hydrogens (primary N) is 1. The van der Waals surface area contributed by atoms with E-state index in [4.69, 9.17) is 15.7 Å². The van der Waals surface area contributed by atoms with Crippen LogP contribution in [0.4, 0.5) is 5.82 Å². The fraction of sp³-hybridized carbons (Fsp3) is 0.263. The molecule has 29 heavy (non-hydrogen) atoms. The van der Waals surface area contributed by atoms with Crippen molar-refractivity contribution in [2.45, 2.75) is 24.5 Å². The maximum absolute atomic E-state index is 10.5. The zero-order valence-corrected chi connectivity index (χ0v) is 15.1. The van der Waals surface area contributed by atoms with Crippen LogP contribution in [0.2, 0.25) is 0 Å². The van der Waals surface area contributed by atoms with Gasteiger partial charge in [0.25, 0.3) is 0 Å². The normalized spacial score (nSPS) is 24.3. The van der Waals surface area contributed by atoms with E-state index in [0.717, 1.165) is 5.56 Å². The molecular formula is C19H18N6O4. The van der Waals surface area contributed by atoms with E-state index in [1.165, 1.54) is 10.9 Å². The third-order valence-corrected chi connectivity index (χ3v) is 4.77. The molecule has 0 radical (unpaired) electrons. The first-order valence-electron chi connectivity index (χ1n) is 8.82. The van der Waals surface area contributed by atoms with Crippen molar-refractivity contribution in [2.24, 2.45) is 0 Å². The van der Waals surface area contributed by atoms with E-state index in [1.54, 1.807) is 36.4 Å². The van der Waals surface area contributed by atoms with E-state index in [0.29, 0.717) is 22.6 Å². The number of nitrogen functional groups attached to an aromatic ring is 1. The average molecular weight is 394 g/mol. The first-order valence-corrected chi connectivity index (χ1v) is 8.82. The molecule has 1 aliphatic rings. The van der Waals surface area contributed by atoms with Crippen LogP contribution in [0.25, 0.3) is 23.3 Å². The van der Waals surface area contributed by atoms with Crippen molar-refractivity contribution in [3.63, 3.8) is 0 Å². The van der Waals surface area contributed by atoms with Gasteiger partial charge in [0.05, 0.1) is 18.2 Å². The molecule has 4 rings (SSSR count). The van der Waals surface area contributed by atoms with Crippen LogP contribution in [-0.4, -0.2) is 59.8 Å². The highest BCUT2D eigenvalue weighted by atomic mass is 16.6. The largest absolute Gasteiger partial charge is 0.394 e. The first-order chi connectivity index (χ1) is 14.0. The molecule has 3 heterocycles. The summed E-state index contributed by atoms with van der Waals surface area (Å²) in [5.74, 6) is 0.528. The van der Waals surface area contributed by atoms with Crippen molar-refractivity contribution in [3.05, 3.63) is 47.5 Å². The third kappa shape index (κ3) is 3.32. The Hall–Kier alpha value is -3.36. The summed E-state index contributed by atoms with van der Waals surface area (Å²) >= 11 is 0. The highest BCUT2D eigenvalue weighted by Crippen LogP contribution is 2.34. The topological polar surface area (TPSA) is 163 Å². The number of imidazole rings is 1. The summed E-state index contributed by atoms with van der Waals surface area (Å²) in [6.07, 6.45) is 0.176. The van der Waals surface area contributed by atoms with Gasteiger partial charge in [-0.2, -0.15) is 5.26 Å². The monoisotopic (exact) mass is 394 g/mol. The number of nitrogens with zero attached hydrogens (tertiary/aromatic N) is 5. The van der Waals surface area contributed by atoms with Crippen molar-refractivity contribution in [2.75, 3.05) is 12.3 Å². The highest BCUT2D eigenvalue weighted by molar-refractivity contribution is 5.84. The molecule has 1 fully saturated rings. The third-order valence-electron chi connectivity index (χ3n) is 4.77. The van der Waals surface area contributed by atoms with Crippen LogP contribution in [0.15, 0.2) is 30.6 Å². The minimum atomic E-state index is -1.30. The number of nitriles is 1. The molecule has 0 amide bonds. The van der Waals surface area contributed by atoms with Crippen LogP contribution >= 0.6 is 0 Å². The number of hydrogen-bond donors (Lipinski definition) is 4. The Balaban J connectivity index is 1.79. The van der Waals surface area contributed by atoms with Gasteiger partial charge in [0.2, 0.25) is 0 Å². The summed E-state index contributed by atoms with van der Waals surface area (Å²) in [6.45, 7) is -0.450. The van der Waals surface area contributed by atoms with Gasteiger partial charge in [0.1, 0.15) is 30.5 Å². The maximum Gasteiger partial charge on any atom is 0.168 e. The van der Waals surface area contributed by atoms with Gasteiger partial charge in [-0.1, -0.05) is 18.2 Å². The fourth-order valence-electron chi connectivity index (χ4n) is 3.24. The summed E-state index contributed by atoms with van der Waals surface area (Å²) in [7, 11) is 0. The van der Waals surface area contributed by atoms with E-state index in [-0.39, 0.29) is 5.82 Å². The minimum Gasteiger partial charge on any atom is -0.394 e. The zero-order chi connectivity index (χ0) is 20.5. The number of hydrogen-bond acceptors (Lipinski definition) is 9. The Morgan fingerprint density at radius 1 is 1.17 bits per heavy atom. The molecule has 3 aromatic rings. The zero-order valence-electron chi connectivity index (χ0n) is 15.1. The number of anilines is 1. The molecule has 0 bridgehead atoms. The molecule has 4 atom stereocenters. The van der Waals surface area contributed by atoms with Crippen LogP contribution < -0.4 is 5.73 Å². The maximum atomic E-state index is 10.5. The van der Waals surface area contributed by atoms with Crippen LogP contribution in [0.5, 0.6) is 0 Å². The molecule has 1 aliphatic heterocycles. The summed E-state index contributed by atoms with van der Waals surface area (Å²) < 4.78 is 7.16. The first kappa shape index (κ1) is 19.0. The second-order valence-electron chi connectivity index (χ2n) is 6.57. The lowest BCUT2D eigenvalue weighted by molar-refractivity contribution is -0.0513. The van der Waals surface area contributed by atoms with Crippen molar-refractivity contribution in [1.82, 2.24) is 19.5 Å². The summed E-state index contributed by atoms with van der Waals surface area (Å²) in [6, 6.07) is 9.00. The summed E-state index contributed by atoms with van der Waals surface area (Å²) in [4.78, 5) is 12.6. The Bertz CT molecular complexity index is 1100. The Kier molecular flexibility index (Phi) is 4.96. The lowest BCUT2D eigenvalue weighted by atomic mass is 10.1. The molecule has 1 saturated heterocycles. The Morgan fingerprint density at radius 3 is 2.59 bits per heavy atom. The molecule has 1 aromatic carbocycles. The van der Waals surface area contributed by atoms with Gasteiger partial charge >= 0.3 is 0 Å². The lowest BCUT2D eigenvalue weighted by Gasteiger charge is -2.18. The smallest absolute Gasteiger partial charge is 0.168 e. The molecule has 0 saturated carbocycles. The van der Waals surface area contributed by atoms with Gasteiger partial charge in [-0.05, 0) is 23.8 Å². The standard InChI is InChI=1S/C19H18N6O4/c20-7-11-3-1-10(2-4-11)5-6-13-24-14-17(21)22-9-23-18(14)25(13)19-16(28)15(27)12(8-26)29-19/h1-6,9,12,15-16,19,26-28H,8H2,(H2,21,22,23)/b6-5+/t12-,15-,16-,19-/m1/s1. The lowest BCUT2D eigenvalue weighted by Crippen LogP contribution is -2.33. The number of benzene rings is 1. The minimum absolute atomic E-state index is 0.161. The molecule has 148 valence electrons. The highest BCUT2D eigenvalue weighted by Gasteiger charge is 2.44. The second kappa shape index (κ2) is 7.57. The number of fused-ring (bicyclic) bond motifs is 1. The van der Waals surface area contributed by atoms with Gasteiger partial charge in [-0.15, -0.1) is 0 Å². The van der Waals surface area contributed by atoms with E-state index < -0.39 is 31.1 Å². The molecule has 2 aromatic heterocycles. The summed E-state index contributed by atoms with van der Waals surface area (Å²) in [5, 5.41) is 38.9. The van der Waals surface area contributed by atoms with Crippen LogP contribution in [0.1, 0.15) is 23.2 Å². The van der Waals surface area contributed by atoms with E-state index in [1.807, 2.05) is 0 Å². The van der Waals surface area contributed by atoms with E-state index >= 15 is 0 Å². The Morgan fingerprint density at radius 2 is 1.93 bits per heavy atom. The predicted octanol–water partition coefficient (Wildman–Crippen LogP) is 0.0621. The van der Waals surface area contributed by atoms with Gasteiger partial charge < -0.3 is 25.8 Å². The van der Waals surface area contributed by atoms with Gasteiger partial charge in [-0.3, -0.25) is 4.57 Å². The number of rotatable bonds is 4. The number of ether oxygens (including phenoxy) is 1. The molecule has 0 aliphatic carbocycles. The van der Waals surface area contributed by atoms with E-state index in [9.17, 15) is 15.3 Å². The molecule has 0 spiro atoms. The Labute approximate surface area is 165 Å². The fourth-order valence-corrected chi connectivity index (χ4v) is 3.24. The van der Waals surface area contributed by atoms with Crippen molar-refractivity contribution >= 4 is 29.1 Å². The van der Waals surface area contributed by atoms with Crippen LogP contribution in [0.3, 0.4) is 0 Å². The quantitative estimate of drug-likeness (QED) is 0.479. The van der Waals surface area contributed by atoms with Crippen molar-refractivity contribution in [3.8, 4) is 6.07 Å². The number of aliphatic hydroxyl groups excluding tert-OH is 3.